The molecule has 5 nitrogen and oxygen atoms in total. The highest BCUT2D eigenvalue weighted by Gasteiger charge is 2.04. The van der Waals surface area contributed by atoms with Crippen LogP contribution in [-0.4, -0.2) is 25.2 Å². The number of anilines is 1. The van der Waals surface area contributed by atoms with Crippen molar-refractivity contribution in [2.75, 3.05) is 18.5 Å². The summed E-state index contributed by atoms with van der Waals surface area (Å²) >= 11 is 0. The van der Waals surface area contributed by atoms with Gasteiger partial charge >= 0.3 is 12.0 Å². The molecule has 0 aliphatic carbocycles. The number of nitrogens with one attached hydrogen (secondary N) is 2. The minimum atomic E-state index is -0.267. The Balaban J connectivity index is 2.26. The van der Waals surface area contributed by atoms with E-state index < -0.39 is 0 Å². The zero-order chi connectivity index (χ0) is 15.0. The molecular weight excluding hydrogens is 256 g/mol. The molecule has 0 spiro atoms. The summed E-state index contributed by atoms with van der Waals surface area (Å²) in [6.07, 6.45) is 0.886. The molecule has 0 aliphatic heterocycles. The fourth-order valence-electron chi connectivity index (χ4n) is 1.66. The van der Waals surface area contributed by atoms with E-state index in [9.17, 15) is 9.59 Å². The first-order valence-corrected chi connectivity index (χ1v) is 6.80. The molecule has 0 saturated carbocycles. The van der Waals surface area contributed by atoms with Crippen LogP contribution in [0.25, 0.3) is 0 Å². The molecule has 0 atom stereocenters. The van der Waals surface area contributed by atoms with Crippen molar-refractivity contribution in [1.82, 2.24) is 5.32 Å². The fourth-order valence-corrected chi connectivity index (χ4v) is 1.66. The molecule has 2 N–H and O–H groups in total. The Morgan fingerprint density at radius 3 is 2.60 bits per heavy atom. The maximum Gasteiger partial charge on any atom is 0.319 e. The van der Waals surface area contributed by atoms with Crippen LogP contribution in [0.1, 0.15) is 30.9 Å². The summed E-state index contributed by atoms with van der Waals surface area (Å²) in [5, 5.41) is 5.46. The number of hydrogen-bond donors (Lipinski definition) is 2. The zero-order valence-corrected chi connectivity index (χ0v) is 12.3. The number of carbonyl (C=O) groups is 2. The third kappa shape index (κ3) is 5.73. The maximum atomic E-state index is 11.6. The van der Waals surface area contributed by atoms with Crippen molar-refractivity contribution in [3.8, 4) is 0 Å². The molecule has 110 valence electrons. The lowest BCUT2D eigenvalue weighted by molar-refractivity contribution is -0.143. The number of aryl methyl sites for hydroxylation is 2. The molecule has 0 saturated heterocycles. The molecule has 0 aromatic heterocycles. The molecule has 0 radical (unpaired) electrons. The number of carbonyl (C=O) groups excluding carboxylic acids is 2. The van der Waals surface area contributed by atoms with Crippen LogP contribution in [0.2, 0.25) is 0 Å². The number of amides is 2. The molecule has 1 aromatic carbocycles. The monoisotopic (exact) mass is 278 g/mol. The van der Waals surface area contributed by atoms with E-state index in [-0.39, 0.29) is 12.0 Å². The minimum absolute atomic E-state index is 0.233. The second-order valence-electron chi connectivity index (χ2n) is 4.59. The van der Waals surface area contributed by atoms with Crippen molar-refractivity contribution in [3.05, 3.63) is 29.3 Å². The Bertz CT molecular complexity index is 472. The second-order valence-corrected chi connectivity index (χ2v) is 4.59. The third-order valence-electron chi connectivity index (χ3n) is 2.91. The van der Waals surface area contributed by atoms with Crippen LogP contribution in [0.3, 0.4) is 0 Å². The normalized spacial score (nSPS) is 9.95. The third-order valence-corrected chi connectivity index (χ3v) is 2.91. The lowest BCUT2D eigenvalue weighted by atomic mass is 10.1. The summed E-state index contributed by atoms with van der Waals surface area (Å²) in [7, 11) is 0. The number of rotatable bonds is 6. The molecule has 0 heterocycles. The minimum Gasteiger partial charge on any atom is -0.466 e. The van der Waals surface area contributed by atoms with E-state index in [2.05, 4.69) is 10.6 Å². The summed E-state index contributed by atoms with van der Waals surface area (Å²) in [4.78, 5) is 22.7. The molecule has 1 rings (SSSR count). The van der Waals surface area contributed by atoms with Crippen LogP contribution >= 0.6 is 0 Å². The van der Waals surface area contributed by atoms with Gasteiger partial charge in [0.15, 0.2) is 0 Å². The highest BCUT2D eigenvalue weighted by atomic mass is 16.5. The van der Waals surface area contributed by atoms with Gasteiger partial charge in [-0.1, -0.05) is 6.07 Å². The van der Waals surface area contributed by atoms with Gasteiger partial charge in [0, 0.05) is 18.7 Å². The number of hydrogen-bond acceptors (Lipinski definition) is 3. The van der Waals surface area contributed by atoms with Gasteiger partial charge in [0.2, 0.25) is 0 Å². The first-order chi connectivity index (χ1) is 9.52. The van der Waals surface area contributed by atoms with E-state index in [0.29, 0.717) is 26.0 Å². The Kier molecular flexibility index (Phi) is 6.56. The Morgan fingerprint density at radius 1 is 1.20 bits per heavy atom. The number of ether oxygens (including phenoxy) is 1. The van der Waals surface area contributed by atoms with Crippen molar-refractivity contribution in [2.45, 2.75) is 33.6 Å². The quantitative estimate of drug-likeness (QED) is 0.621. The van der Waals surface area contributed by atoms with Gasteiger partial charge in [0.1, 0.15) is 0 Å². The molecule has 1 aromatic rings. The Labute approximate surface area is 119 Å². The summed E-state index contributed by atoms with van der Waals surface area (Å²) in [5.41, 5.74) is 3.08. The average Bonchev–Trinajstić information content (AvgIpc) is 2.39. The van der Waals surface area contributed by atoms with Gasteiger partial charge in [0.05, 0.1) is 6.61 Å². The topological polar surface area (TPSA) is 67.4 Å². The lowest BCUT2D eigenvalue weighted by Crippen LogP contribution is -2.29. The van der Waals surface area contributed by atoms with Crippen LogP contribution in [0.15, 0.2) is 18.2 Å². The molecule has 0 bridgehead atoms. The lowest BCUT2D eigenvalue weighted by Gasteiger charge is -2.09. The maximum absolute atomic E-state index is 11.6. The van der Waals surface area contributed by atoms with Gasteiger partial charge in [-0.3, -0.25) is 4.79 Å². The van der Waals surface area contributed by atoms with Gasteiger partial charge in [-0.25, -0.2) is 4.79 Å². The number of esters is 1. The van der Waals surface area contributed by atoms with E-state index in [1.807, 2.05) is 32.0 Å². The van der Waals surface area contributed by atoms with Crippen molar-refractivity contribution in [2.24, 2.45) is 0 Å². The predicted molar refractivity (Wildman–Crippen MR) is 78.8 cm³/mol. The van der Waals surface area contributed by atoms with Crippen LogP contribution in [0.4, 0.5) is 10.5 Å². The van der Waals surface area contributed by atoms with E-state index in [1.54, 1.807) is 6.92 Å². The van der Waals surface area contributed by atoms with Gasteiger partial charge in [-0.15, -0.1) is 0 Å². The van der Waals surface area contributed by atoms with Crippen LogP contribution in [0, 0.1) is 13.8 Å². The molecule has 2 amide bonds. The Morgan fingerprint density at radius 2 is 1.95 bits per heavy atom. The SMILES string of the molecule is CCOC(=O)CCCNC(=O)Nc1ccc(C)c(C)c1. The molecule has 5 heteroatoms. The van der Waals surface area contributed by atoms with Crippen molar-refractivity contribution < 1.29 is 14.3 Å². The standard InChI is InChI=1S/C15H22N2O3/c1-4-20-14(18)6-5-9-16-15(19)17-13-8-7-11(2)12(3)10-13/h7-8,10H,4-6,9H2,1-3H3,(H2,16,17,19). The fraction of sp³-hybridized carbons (Fsp3) is 0.467. The molecule has 0 unspecified atom stereocenters. The average molecular weight is 278 g/mol. The highest BCUT2D eigenvalue weighted by molar-refractivity contribution is 5.89. The predicted octanol–water partition coefficient (Wildman–Crippen LogP) is 2.77. The van der Waals surface area contributed by atoms with Gasteiger partial charge in [0.25, 0.3) is 0 Å². The first kappa shape index (κ1) is 16.0. The van der Waals surface area contributed by atoms with Crippen LogP contribution in [0.5, 0.6) is 0 Å². The number of benzene rings is 1. The summed E-state index contributed by atoms with van der Waals surface area (Å²) in [6, 6.07) is 5.48. The van der Waals surface area contributed by atoms with Gasteiger partial charge in [-0.05, 0) is 50.5 Å². The zero-order valence-electron chi connectivity index (χ0n) is 12.3. The van der Waals surface area contributed by atoms with E-state index >= 15 is 0 Å². The summed E-state index contributed by atoms with van der Waals surface area (Å²) in [5.74, 6) is -0.233. The first-order valence-electron chi connectivity index (χ1n) is 6.80. The number of urea groups is 1. The van der Waals surface area contributed by atoms with Gasteiger partial charge < -0.3 is 15.4 Å². The summed E-state index contributed by atoms with van der Waals surface area (Å²) < 4.78 is 4.80. The van der Waals surface area contributed by atoms with Crippen LogP contribution in [-0.2, 0) is 9.53 Å². The van der Waals surface area contributed by atoms with Gasteiger partial charge in [-0.2, -0.15) is 0 Å². The van der Waals surface area contributed by atoms with Crippen molar-refractivity contribution in [1.29, 1.82) is 0 Å². The van der Waals surface area contributed by atoms with E-state index in [0.717, 1.165) is 11.3 Å². The smallest absolute Gasteiger partial charge is 0.319 e. The molecule has 0 aliphatic rings. The van der Waals surface area contributed by atoms with E-state index in [1.165, 1.54) is 5.56 Å². The molecular formula is C15H22N2O3. The second kappa shape index (κ2) is 8.19. The Hall–Kier alpha value is -2.04. The molecule has 20 heavy (non-hydrogen) atoms. The highest BCUT2D eigenvalue weighted by Crippen LogP contribution is 2.13. The van der Waals surface area contributed by atoms with E-state index in [4.69, 9.17) is 4.74 Å². The summed E-state index contributed by atoms with van der Waals surface area (Å²) in [6.45, 7) is 6.62. The van der Waals surface area contributed by atoms with Crippen LogP contribution < -0.4 is 10.6 Å². The van der Waals surface area contributed by atoms with Crippen molar-refractivity contribution in [3.63, 3.8) is 0 Å². The van der Waals surface area contributed by atoms with Crippen molar-refractivity contribution >= 4 is 17.7 Å². The molecule has 0 fully saturated rings. The largest absolute Gasteiger partial charge is 0.466 e.